The van der Waals surface area contributed by atoms with Crippen LogP contribution in [0.5, 0.6) is 5.75 Å². The summed E-state index contributed by atoms with van der Waals surface area (Å²) in [6.07, 6.45) is 2.47. The van der Waals surface area contributed by atoms with E-state index in [1.165, 1.54) is 0 Å². The third kappa shape index (κ3) is 4.48. The molecule has 4 heterocycles. The maximum Gasteiger partial charge on any atom is 0.192 e. The Morgan fingerprint density at radius 2 is 1.72 bits per heavy atom. The first-order valence-corrected chi connectivity index (χ1v) is 15.4. The molecule has 5 rings (SSSR count). The Labute approximate surface area is 214 Å². The third-order valence-electron chi connectivity index (χ3n) is 7.69. The van der Waals surface area contributed by atoms with E-state index in [9.17, 15) is 0 Å². The Morgan fingerprint density at radius 1 is 1.03 bits per heavy atom. The summed E-state index contributed by atoms with van der Waals surface area (Å²) in [6, 6.07) is 9.91. The molecule has 2 aromatic heterocycles. The van der Waals surface area contributed by atoms with Gasteiger partial charge in [-0.3, -0.25) is 0 Å². The SMILES string of the molecule is COc1ccc(-c2ncnc3c2ccn3[C@@H]2O[C@H](CO[Si](C)(C)C(C)(C)C)[C@H]3OC(C)(C)O[C@H]32)cc1. The molecule has 0 saturated carbocycles. The van der Waals surface area contributed by atoms with Crippen molar-refractivity contribution in [2.24, 2.45) is 0 Å². The van der Waals surface area contributed by atoms with Gasteiger partial charge in [-0.25, -0.2) is 9.97 Å². The smallest absolute Gasteiger partial charge is 0.192 e. The number of hydrogen-bond donors (Lipinski definition) is 0. The van der Waals surface area contributed by atoms with E-state index in [0.717, 1.165) is 28.0 Å². The zero-order chi connectivity index (χ0) is 25.9. The van der Waals surface area contributed by atoms with Gasteiger partial charge in [-0.15, -0.1) is 0 Å². The molecule has 0 spiro atoms. The fraction of sp³-hybridized carbons (Fsp3) is 0.556. The van der Waals surface area contributed by atoms with Crippen LogP contribution in [0.3, 0.4) is 0 Å². The molecule has 1 aromatic carbocycles. The Bertz CT molecular complexity index is 1230. The number of aromatic nitrogens is 3. The lowest BCUT2D eigenvalue weighted by Crippen LogP contribution is -2.44. The first kappa shape index (κ1) is 25.4. The van der Waals surface area contributed by atoms with Crippen LogP contribution in [0, 0.1) is 0 Å². The van der Waals surface area contributed by atoms with E-state index < -0.39 is 14.1 Å². The number of rotatable bonds is 6. The van der Waals surface area contributed by atoms with E-state index in [1.54, 1.807) is 13.4 Å². The van der Waals surface area contributed by atoms with E-state index in [0.29, 0.717) is 6.61 Å². The van der Waals surface area contributed by atoms with Crippen molar-refractivity contribution in [3.63, 3.8) is 0 Å². The molecule has 2 aliphatic heterocycles. The average molecular weight is 512 g/mol. The van der Waals surface area contributed by atoms with Gasteiger partial charge < -0.3 is 27.9 Å². The molecule has 2 fully saturated rings. The van der Waals surface area contributed by atoms with Crippen LogP contribution in [0.2, 0.25) is 18.1 Å². The Kier molecular flexibility index (Phi) is 6.28. The van der Waals surface area contributed by atoms with Crippen molar-refractivity contribution >= 4 is 19.4 Å². The lowest BCUT2D eigenvalue weighted by atomic mass is 10.1. The van der Waals surface area contributed by atoms with Crippen molar-refractivity contribution in [2.75, 3.05) is 13.7 Å². The Hall–Kier alpha value is -2.30. The molecule has 9 heteroatoms. The molecule has 0 aliphatic carbocycles. The first-order valence-electron chi connectivity index (χ1n) is 12.5. The summed E-state index contributed by atoms with van der Waals surface area (Å²) in [4.78, 5) is 9.20. The van der Waals surface area contributed by atoms with Crippen molar-refractivity contribution in [1.29, 1.82) is 0 Å². The quantitative estimate of drug-likeness (QED) is 0.402. The van der Waals surface area contributed by atoms with Gasteiger partial charge in [-0.05, 0) is 62.3 Å². The highest BCUT2D eigenvalue weighted by molar-refractivity contribution is 6.74. The topological polar surface area (TPSA) is 76.9 Å². The monoisotopic (exact) mass is 511 g/mol. The highest BCUT2D eigenvalue weighted by Crippen LogP contribution is 2.45. The van der Waals surface area contributed by atoms with Crippen LogP contribution in [0.1, 0.15) is 40.8 Å². The Morgan fingerprint density at radius 3 is 2.39 bits per heavy atom. The molecule has 0 radical (unpaired) electrons. The van der Waals surface area contributed by atoms with Crippen LogP contribution in [0.4, 0.5) is 0 Å². The second-order valence-corrected chi connectivity index (χ2v) is 16.4. The summed E-state index contributed by atoms with van der Waals surface area (Å²) in [5.41, 5.74) is 2.64. The van der Waals surface area contributed by atoms with Gasteiger partial charge in [-0.1, -0.05) is 20.8 Å². The molecule has 3 aromatic rings. The van der Waals surface area contributed by atoms with Crippen molar-refractivity contribution < 1.29 is 23.4 Å². The summed E-state index contributed by atoms with van der Waals surface area (Å²) in [6.45, 7) is 15.6. The fourth-order valence-corrected chi connectivity index (χ4v) is 5.69. The summed E-state index contributed by atoms with van der Waals surface area (Å²) < 4.78 is 33.2. The minimum atomic E-state index is -1.95. The molecule has 36 heavy (non-hydrogen) atoms. The van der Waals surface area contributed by atoms with Gasteiger partial charge in [0.25, 0.3) is 0 Å². The molecule has 0 N–H and O–H groups in total. The van der Waals surface area contributed by atoms with Crippen LogP contribution < -0.4 is 4.74 Å². The number of benzene rings is 1. The molecule has 2 saturated heterocycles. The standard InChI is InChI=1S/C27H37N3O5Si/c1-26(2,3)36(7,8)32-15-20-22-23(35-27(4,5)34-22)25(33-20)30-14-13-19-21(28-16-29-24(19)30)17-9-11-18(31-6)12-10-17/h9-14,16,20,22-23,25H,15H2,1-8H3/t20-,22-,23-,25-/m1/s1. The molecule has 194 valence electrons. The average Bonchev–Trinajstić information content (AvgIpc) is 3.47. The normalized spacial score (nSPS) is 25.9. The number of fused-ring (bicyclic) bond motifs is 2. The summed E-state index contributed by atoms with van der Waals surface area (Å²) in [5, 5.41) is 1.06. The summed E-state index contributed by atoms with van der Waals surface area (Å²) in [5.74, 6) is 0.109. The van der Waals surface area contributed by atoms with Gasteiger partial charge in [0.05, 0.1) is 19.4 Å². The van der Waals surface area contributed by atoms with E-state index in [-0.39, 0.29) is 29.6 Å². The van der Waals surface area contributed by atoms with Gasteiger partial charge >= 0.3 is 0 Å². The van der Waals surface area contributed by atoms with Gasteiger partial charge in [0.2, 0.25) is 0 Å². The molecule has 0 bridgehead atoms. The lowest BCUT2D eigenvalue weighted by molar-refractivity contribution is -0.199. The maximum absolute atomic E-state index is 6.59. The van der Waals surface area contributed by atoms with Crippen LogP contribution >= 0.6 is 0 Å². The molecular formula is C27H37N3O5Si. The number of hydrogen-bond acceptors (Lipinski definition) is 7. The van der Waals surface area contributed by atoms with Crippen LogP contribution in [0.25, 0.3) is 22.3 Å². The predicted molar refractivity (Wildman–Crippen MR) is 140 cm³/mol. The first-order chi connectivity index (χ1) is 16.9. The lowest BCUT2D eigenvalue weighted by Gasteiger charge is -2.37. The van der Waals surface area contributed by atoms with Gasteiger partial charge in [0, 0.05) is 17.1 Å². The van der Waals surface area contributed by atoms with Gasteiger partial charge in [0.1, 0.15) is 36.0 Å². The van der Waals surface area contributed by atoms with Crippen molar-refractivity contribution in [3.05, 3.63) is 42.9 Å². The summed E-state index contributed by atoms with van der Waals surface area (Å²) >= 11 is 0. The third-order valence-corrected chi connectivity index (χ3v) is 12.2. The predicted octanol–water partition coefficient (Wildman–Crippen LogP) is 5.55. The fourth-order valence-electron chi connectivity index (χ4n) is 4.68. The second kappa shape index (κ2) is 8.92. The minimum Gasteiger partial charge on any atom is -0.497 e. The maximum atomic E-state index is 6.59. The summed E-state index contributed by atoms with van der Waals surface area (Å²) in [7, 11) is -0.288. The number of ether oxygens (including phenoxy) is 4. The zero-order valence-electron chi connectivity index (χ0n) is 22.4. The number of methoxy groups -OCH3 is 1. The Balaban J connectivity index is 1.46. The largest absolute Gasteiger partial charge is 0.497 e. The van der Waals surface area contributed by atoms with Crippen LogP contribution in [0.15, 0.2) is 42.9 Å². The van der Waals surface area contributed by atoms with Gasteiger partial charge in [0.15, 0.2) is 20.3 Å². The van der Waals surface area contributed by atoms with Crippen LogP contribution in [-0.2, 0) is 18.6 Å². The molecule has 0 amide bonds. The molecule has 8 nitrogen and oxygen atoms in total. The second-order valence-electron chi connectivity index (χ2n) is 11.6. The zero-order valence-corrected chi connectivity index (χ0v) is 23.4. The van der Waals surface area contributed by atoms with Crippen molar-refractivity contribution in [2.45, 2.75) is 83.1 Å². The molecular weight excluding hydrogens is 474 g/mol. The van der Waals surface area contributed by atoms with Gasteiger partial charge in [-0.2, -0.15) is 0 Å². The van der Waals surface area contributed by atoms with Crippen LogP contribution in [-0.4, -0.2) is 60.7 Å². The van der Waals surface area contributed by atoms with E-state index in [1.807, 2.05) is 54.9 Å². The highest BCUT2D eigenvalue weighted by Gasteiger charge is 2.56. The van der Waals surface area contributed by atoms with Crippen molar-refractivity contribution in [3.8, 4) is 17.0 Å². The van der Waals surface area contributed by atoms with E-state index in [4.69, 9.17) is 23.4 Å². The van der Waals surface area contributed by atoms with E-state index >= 15 is 0 Å². The highest BCUT2D eigenvalue weighted by atomic mass is 28.4. The number of nitrogens with zero attached hydrogens (tertiary/aromatic N) is 3. The van der Waals surface area contributed by atoms with E-state index in [2.05, 4.69) is 43.8 Å². The molecule has 4 atom stereocenters. The molecule has 2 aliphatic rings. The van der Waals surface area contributed by atoms with Crippen molar-refractivity contribution in [1.82, 2.24) is 14.5 Å². The minimum absolute atomic E-state index is 0.113. The molecule has 0 unspecified atom stereocenters.